The van der Waals surface area contributed by atoms with E-state index in [0.717, 1.165) is 23.0 Å². The van der Waals surface area contributed by atoms with E-state index in [1.807, 2.05) is 19.9 Å². The number of aryl methyl sites for hydroxylation is 2. The molecule has 1 aliphatic rings. The van der Waals surface area contributed by atoms with Gasteiger partial charge in [-0.15, -0.1) is 0 Å². The van der Waals surface area contributed by atoms with Gasteiger partial charge in [0, 0.05) is 18.7 Å². The molecule has 0 radical (unpaired) electrons. The molecule has 3 N–H and O–H groups in total. The van der Waals surface area contributed by atoms with Crippen molar-refractivity contribution in [1.82, 2.24) is 10.6 Å². The lowest BCUT2D eigenvalue weighted by Crippen LogP contribution is -2.49. The predicted octanol–water partition coefficient (Wildman–Crippen LogP) is 1.82. The van der Waals surface area contributed by atoms with Gasteiger partial charge >= 0.3 is 0 Å². The lowest BCUT2D eigenvalue weighted by molar-refractivity contribution is 0.0600. The van der Waals surface area contributed by atoms with Crippen LogP contribution in [0.3, 0.4) is 0 Å². The standard InChI is InChI=1S/C15H25N3O2/c1-10-8-13(11(2)20-10)15(3,19)9-17-14(16-4)18-12-6-5-7-12/h8,12,19H,5-7,9H2,1-4H3,(H2,16,17,18). The van der Waals surface area contributed by atoms with Gasteiger partial charge in [0.15, 0.2) is 5.96 Å². The topological polar surface area (TPSA) is 69.8 Å². The van der Waals surface area contributed by atoms with E-state index in [2.05, 4.69) is 15.6 Å². The molecule has 1 aromatic rings. The summed E-state index contributed by atoms with van der Waals surface area (Å²) >= 11 is 0. The molecule has 0 aliphatic heterocycles. The van der Waals surface area contributed by atoms with Crippen molar-refractivity contribution in [3.8, 4) is 0 Å². The van der Waals surface area contributed by atoms with Crippen molar-refractivity contribution in [2.45, 2.75) is 51.7 Å². The molecule has 20 heavy (non-hydrogen) atoms. The Labute approximate surface area is 120 Å². The minimum Gasteiger partial charge on any atom is -0.466 e. The average molecular weight is 279 g/mol. The van der Waals surface area contributed by atoms with Crippen LogP contribution in [-0.4, -0.2) is 30.7 Å². The second-order valence-corrected chi connectivity index (χ2v) is 5.80. The molecule has 1 aliphatic carbocycles. The molecule has 1 atom stereocenters. The molecular formula is C15H25N3O2. The molecule has 5 nitrogen and oxygen atoms in total. The smallest absolute Gasteiger partial charge is 0.191 e. The van der Waals surface area contributed by atoms with Crippen molar-refractivity contribution in [3.63, 3.8) is 0 Å². The Morgan fingerprint density at radius 2 is 2.20 bits per heavy atom. The third-order valence-corrected chi connectivity index (χ3v) is 3.89. The SMILES string of the molecule is CN=C(NCC(C)(O)c1cc(C)oc1C)NC1CCC1. The van der Waals surface area contributed by atoms with Crippen LogP contribution in [0.15, 0.2) is 15.5 Å². The first kappa shape index (κ1) is 14.9. The number of hydrogen-bond donors (Lipinski definition) is 3. The zero-order valence-electron chi connectivity index (χ0n) is 12.8. The van der Waals surface area contributed by atoms with Crippen molar-refractivity contribution >= 4 is 5.96 Å². The lowest BCUT2D eigenvalue weighted by Gasteiger charge is -2.30. The molecule has 2 rings (SSSR count). The Hall–Kier alpha value is -1.49. The number of nitrogens with zero attached hydrogens (tertiary/aromatic N) is 1. The van der Waals surface area contributed by atoms with Crippen LogP contribution in [-0.2, 0) is 5.60 Å². The number of aliphatic imine (C=N–C) groups is 1. The van der Waals surface area contributed by atoms with Crippen molar-refractivity contribution < 1.29 is 9.52 Å². The van der Waals surface area contributed by atoms with E-state index in [1.165, 1.54) is 19.3 Å². The van der Waals surface area contributed by atoms with E-state index in [1.54, 1.807) is 14.0 Å². The average Bonchev–Trinajstić information content (AvgIpc) is 2.67. The van der Waals surface area contributed by atoms with Gasteiger partial charge < -0.3 is 20.2 Å². The summed E-state index contributed by atoms with van der Waals surface area (Å²) in [5, 5.41) is 17.2. The maximum absolute atomic E-state index is 10.6. The van der Waals surface area contributed by atoms with Gasteiger partial charge in [0.1, 0.15) is 17.1 Å². The molecule has 0 aromatic carbocycles. The van der Waals surface area contributed by atoms with E-state index in [4.69, 9.17) is 4.42 Å². The minimum absolute atomic E-state index is 0.388. The summed E-state index contributed by atoms with van der Waals surface area (Å²) in [5.74, 6) is 2.32. The van der Waals surface area contributed by atoms with Gasteiger partial charge in [-0.1, -0.05) is 0 Å². The first-order chi connectivity index (χ1) is 9.42. The quantitative estimate of drug-likeness (QED) is 0.581. The van der Waals surface area contributed by atoms with Gasteiger partial charge in [-0.25, -0.2) is 0 Å². The maximum Gasteiger partial charge on any atom is 0.191 e. The fourth-order valence-corrected chi connectivity index (χ4v) is 2.46. The molecule has 5 heteroatoms. The number of hydrogen-bond acceptors (Lipinski definition) is 3. The van der Waals surface area contributed by atoms with E-state index in [-0.39, 0.29) is 0 Å². The monoisotopic (exact) mass is 279 g/mol. The highest BCUT2D eigenvalue weighted by Gasteiger charge is 2.28. The highest BCUT2D eigenvalue weighted by Crippen LogP contribution is 2.26. The Balaban J connectivity index is 1.95. The van der Waals surface area contributed by atoms with Crippen molar-refractivity contribution in [1.29, 1.82) is 0 Å². The summed E-state index contributed by atoms with van der Waals surface area (Å²) in [6.45, 7) is 5.93. The van der Waals surface area contributed by atoms with Gasteiger partial charge in [0.05, 0.1) is 6.54 Å². The van der Waals surface area contributed by atoms with E-state index < -0.39 is 5.60 Å². The molecule has 0 bridgehead atoms. The number of furan rings is 1. The second kappa shape index (κ2) is 5.87. The highest BCUT2D eigenvalue weighted by molar-refractivity contribution is 5.80. The van der Waals surface area contributed by atoms with Crippen LogP contribution in [0.2, 0.25) is 0 Å². The van der Waals surface area contributed by atoms with E-state index in [9.17, 15) is 5.11 Å². The molecule has 1 aromatic heterocycles. The fraction of sp³-hybridized carbons (Fsp3) is 0.667. The lowest BCUT2D eigenvalue weighted by atomic mass is 9.93. The Kier molecular flexibility index (Phi) is 4.38. The Morgan fingerprint density at radius 1 is 1.50 bits per heavy atom. The number of guanidine groups is 1. The normalized spacial score (nSPS) is 19.4. The van der Waals surface area contributed by atoms with Crippen LogP contribution in [0.25, 0.3) is 0 Å². The maximum atomic E-state index is 10.6. The summed E-state index contributed by atoms with van der Waals surface area (Å²) in [4.78, 5) is 4.19. The Bertz CT molecular complexity index is 487. The molecule has 1 fully saturated rings. The molecule has 0 saturated heterocycles. The van der Waals surface area contributed by atoms with Gasteiger partial charge in [0.2, 0.25) is 0 Å². The molecule has 0 spiro atoms. The zero-order valence-corrected chi connectivity index (χ0v) is 12.8. The van der Waals surface area contributed by atoms with Crippen molar-refractivity contribution in [3.05, 3.63) is 23.2 Å². The van der Waals surface area contributed by atoms with Crippen LogP contribution in [0.4, 0.5) is 0 Å². The summed E-state index contributed by atoms with van der Waals surface area (Å²) in [7, 11) is 1.75. The molecule has 112 valence electrons. The van der Waals surface area contributed by atoms with E-state index in [0.29, 0.717) is 12.6 Å². The highest BCUT2D eigenvalue weighted by atomic mass is 16.3. The molecule has 1 saturated carbocycles. The largest absolute Gasteiger partial charge is 0.466 e. The molecule has 1 unspecified atom stereocenters. The molecule has 1 heterocycles. The third-order valence-electron chi connectivity index (χ3n) is 3.89. The van der Waals surface area contributed by atoms with E-state index >= 15 is 0 Å². The minimum atomic E-state index is -0.987. The summed E-state index contributed by atoms with van der Waals surface area (Å²) < 4.78 is 5.49. The van der Waals surface area contributed by atoms with Gasteiger partial charge in [-0.3, -0.25) is 4.99 Å². The van der Waals surface area contributed by atoms with Crippen molar-refractivity contribution in [2.24, 2.45) is 4.99 Å². The first-order valence-corrected chi connectivity index (χ1v) is 7.19. The summed E-state index contributed by atoms with van der Waals surface area (Å²) in [5.41, 5.74) is -0.166. The van der Waals surface area contributed by atoms with Crippen LogP contribution in [0, 0.1) is 13.8 Å². The molecular weight excluding hydrogens is 254 g/mol. The van der Waals surface area contributed by atoms with Gasteiger partial charge in [0.25, 0.3) is 0 Å². The van der Waals surface area contributed by atoms with Crippen LogP contribution in [0.1, 0.15) is 43.3 Å². The summed E-state index contributed by atoms with van der Waals surface area (Å²) in [6.07, 6.45) is 3.66. The number of rotatable bonds is 4. The van der Waals surface area contributed by atoms with Gasteiger partial charge in [-0.05, 0) is 46.1 Å². The van der Waals surface area contributed by atoms with Crippen molar-refractivity contribution in [2.75, 3.05) is 13.6 Å². The number of aliphatic hydroxyl groups is 1. The van der Waals surface area contributed by atoms with Crippen LogP contribution >= 0.6 is 0 Å². The third kappa shape index (κ3) is 3.33. The molecule has 0 amide bonds. The van der Waals surface area contributed by atoms with Crippen LogP contribution < -0.4 is 10.6 Å². The number of nitrogens with one attached hydrogen (secondary N) is 2. The van der Waals surface area contributed by atoms with Crippen LogP contribution in [0.5, 0.6) is 0 Å². The predicted molar refractivity (Wildman–Crippen MR) is 79.9 cm³/mol. The fourth-order valence-electron chi connectivity index (χ4n) is 2.46. The first-order valence-electron chi connectivity index (χ1n) is 7.19. The Morgan fingerprint density at radius 3 is 2.65 bits per heavy atom. The second-order valence-electron chi connectivity index (χ2n) is 5.80. The summed E-state index contributed by atoms with van der Waals surface area (Å²) in [6, 6.07) is 2.41. The zero-order chi connectivity index (χ0) is 14.8. The van der Waals surface area contributed by atoms with Gasteiger partial charge in [-0.2, -0.15) is 0 Å².